The molecule has 0 aliphatic carbocycles. The Kier molecular flexibility index (Phi) is 7.70. The number of nitrogens with zero attached hydrogens (tertiary/aromatic N) is 3. The van der Waals surface area contributed by atoms with E-state index in [1.165, 1.54) is 11.3 Å². The minimum absolute atomic E-state index is 0.0638. The summed E-state index contributed by atoms with van der Waals surface area (Å²) in [6, 6.07) is 24.4. The van der Waals surface area contributed by atoms with Gasteiger partial charge in [-0.15, -0.1) is 0 Å². The third kappa shape index (κ3) is 5.32. The van der Waals surface area contributed by atoms with Crippen molar-refractivity contribution in [1.82, 2.24) is 0 Å². The van der Waals surface area contributed by atoms with Crippen molar-refractivity contribution in [3.8, 4) is 5.75 Å². The molecule has 0 unspecified atom stereocenters. The molecule has 0 radical (unpaired) electrons. The molecule has 0 spiro atoms. The number of methoxy groups -OCH3 is 1. The van der Waals surface area contributed by atoms with Crippen LogP contribution in [0, 0.1) is 0 Å². The number of hydrazone groups is 1. The highest BCUT2D eigenvalue weighted by atomic mass is 16.5. The van der Waals surface area contributed by atoms with E-state index in [0.29, 0.717) is 12.2 Å². The van der Waals surface area contributed by atoms with Crippen LogP contribution in [0.15, 0.2) is 77.9 Å². The fourth-order valence-corrected chi connectivity index (χ4v) is 4.43. The number of ether oxygens (including phenoxy) is 2. The molecular formula is C29H33N3O3. The Morgan fingerprint density at radius 2 is 1.60 bits per heavy atom. The van der Waals surface area contributed by atoms with Gasteiger partial charge in [0.25, 0.3) is 0 Å². The summed E-state index contributed by atoms with van der Waals surface area (Å²) in [5.41, 5.74) is 5.96. The van der Waals surface area contributed by atoms with Crippen molar-refractivity contribution >= 4 is 23.1 Å². The van der Waals surface area contributed by atoms with Crippen LogP contribution in [0.25, 0.3) is 0 Å². The van der Waals surface area contributed by atoms with Gasteiger partial charge in [-0.2, -0.15) is 5.10 Å². The van der Waals surface area contributed by atoms with Crippen LogP contribution >= 0.6 is 0 Å². The first-order valence-corrected chi connectivity index (χ1v) is 12.2. The van der Waals surface area contributed by atoms with E-state index in [1.54, 1.807) is 19.2 Å². The second-order valence-corrected chi connectivity index (χ2v) is 8.37. The molecule has 182 valence electrons. The molecule has 3 aromatic carbocycles. The van der Waals surface area contributed by atoms with Gasteiger partial charge in [0, 0.05) is 25.2 Å². The van der Waals surface area contributed by atoms with Gasteiger partial charge in [-0.3, -0.25) is 5.01 Å². The number of carbonyl (C=O) groups is 1. The van der Waals surface area contributed by atoms with E-state index in [-0.39, 0.29) is 12.0 Å². The van der Waals surface area contributed by atoms with Crippen molar-refractivity contribution in [3.05, 3.63) is 89.5 Å². The van der Waals surface area contributed by atoms with E-state index in [0.717, 1.165) is 42.2 Å². The van der Waals surface area contributed by atoms with Crippen LogP contribution < -0.4 is 14.6 Å². The van der Waals surface area contributed by atoms with Crippen LogP contribution in [0.4, 0.5) is 11.4 Å². The van der Waals surface area contributed by atoms with Crippen molar-refractivity contribution in [2.75, 3.05) is 36.7 Å². The van der Waals surface area contributed by atoms with E-state index < -0.39 is 0 Å². The molecule has 3 aromatic rings. The zero-order valence-electron chi connectivity index (χ0n) is 20.9. The largest absolute Gasteiger partial charge is 0.497 e. The molecule has 6 nitrogen and oxygen atoms in total. The molecule has 6 heteroatoms. The molecule has 0 saturated heterocycles. The molecule has 4 rings (SSSR count). The lowest BCUT2D eigenvalue weighted by molar-refractivity contribution is 0.0526. The Bertz CT molecular complexity index is 1150. The monoisotopic (exact) mass is 471 g/mol. The average Bonchev–Trinajstić information content (AvgIpc) is 3.35. The predicted octanol–water partition coefficient (Wildman–Crippen LogP) is 6.07. The van der Waals surface area contributed by atoms with Crippen molar-refractivity contribution in [1.29, 1.82) is 0 Å². The lowest BCUT2D eigenvalue weighted by Crippen LogP contribution is -2.22. The van der Waals surface area contributed by atoms with Gasteiger partial charge in [-0.1, -0.05) is 24.3 Å². The van der Waals surface area contributed by atoms with E-state index >= 15 is 0 Å². The third-order valence-electron chi connectivity index (χ3n) is 6.38. The average molecular weight is 472 g/mol. The number of anilines is 2. The normalized spacial score (nSPS) is 15.0. The smallest absolute Gasteiger partial charge is 0.338 e. The van der Waals surface area contributed by atoms with Gasteiger partial charge in [0.05, 0.1) is 36.7 Å². The Morgan fingerprint density at radius 1 is 0.943 bits per heavy atom. The number of hydrogen-bond acceptors (Lipinski definition) is 6. The topological polar surface area (TPSA) is 54.4 Å². The summed E-state index contributed by atoms with van der Waals surface area (Å²) in [5, 5.41) is 7.11. The fourth-order valence-electron chi connectivity index (χ4n) is 4.43. The summed E-state index contributed by atoms with van der Waals surface area (Å²) >= 11 is 0. The lowest BCUT2D eigenvalue weighted by Gasteiger charge is -2.26. The summed E-state index contributed by atoms with van der Waals surface area (Å²) in [6.07, 6.45) is 0.759. The first-order chi connectivity index (χ1) is 17.1. The maximum absolute atomic E-state index is 12.0. The zero-order chi connectivity index (χ0) is 24.8. The van der Waals surface area contributed by atoms with Crippen molar-refractivity contribution in [2.24, 2.45) is 5.10 Å². The summed E-state index contributed by atoms with van der Waals surface area (Å²) in [5.74, 6) is 0.505. The van der Waals surface area contributed by atoms with Crippen LogP contribution in [0.5, 0.6) is 5.75 Å². The molecule has 1 aliphatic rings. The standard InChI is InChI=1S/C29H33N3O3/c1-5-31(6-2)24-14-12-22(13-15-24)28-20-27(21-8-10-23(11-9-21)29(33)35-7-3)30-32(28)25-16-18-26(34-4)19-17-25/h8-19,28H,5-7,20H2,1-4H3/t28-/m0/s1. The molecule has 0 N–H and O–H groups in total. The number of rotatable bonds is 9. The van der Waals surface area contributed by atoms with E-state index in [4.69, 9.17) is 14.6 Å². The highest BCUT2D eigenvalue weighted by Gasteiger charge is 2.30. The van der Waals surface area contributed by atoms with Gasteiger partial charge in [0.1, 0.15) is 5.75 Å². The SMILES string of the molecule is CCOC(=O)c1ccc(C2=NN(c3ccc(OC)cc3)[C@H](c3ccc(N(CC)CC)cc3)C2)cc1. The van der Waals surface area contributed by atoms with Gasteiger partial charge in [-0.25, -0.2) is 4.79 Å². The Labute approximate surface area is 207 Å². The lowest BCUT2D eigenvalue weighted by atomic mass is 9.97. The van der Waals surface area contributed by atoms with Gasteiger partial charge in [0.15, 0.2) is 0 Å². The van der Waals surface area contributed by atoms with Gasteiger partial charge >= 0.3 is 5.97 Å². The molecule has 0 fully saturated rings. The molecule has 1 heterocycles. The highest BCUT2D eigenvalue weighted by Crippen LogP contribution is 2.38. The third-order valence-corrected chi connectivity index (χ3v) is 6.38. The van der Waals surface area contributed by atoms with Crippen LogP contribution in [0.3, 0.4) is 0 Å². The number of esters is 1. The second-order valence-electron chi connectivity index (χ2n) is 8.37. The number of carbonyl (C=O) groups excluding carboxylic acids is 1. The molecule has 0 saturated carbocycles. The van der Waals surface area contributed by atoms with Crippen LogP contribution in [0.1, 0.15) is 54.7 Å². The Morgan fingerprint density at radius 3 is 2.17 bits per heavy atom. The fraction of sp³-hybridized carbons (Fsp3) is 0.310. The molecule has 0 aromatic heterocycles. The van der Waals surface area contributed by atoms with E-state index in [9.17, 15) is 4.79 Å². The van der Waals surface area contributed by atoms with Gasteiger partial charge in [0.2, 0.25) is 0 Å². The van der Waals surface area contributed by atoms with Crippen LogP contribution in [-0.4, -0.2) is 38.5 Å². The summed E-state index contributed by atoms with van der Waals surface area (Å²) < 4.78 is 10.5. The summed E-state index contributed by atoms with van der Waals surface area (Å²) in [7, 11) is 1.67. The molecule has 1 aliphatic heterocycles. The molecule has 35 heavy (non-hydrogen) atoms. The van der Waals surface area contributed by atoms with E-state index in [1.807, 2.05) is 43.3 Å². The van der Waals surface area contributed by atoms with Crippen LogP contribution in [0.2, 0.25) is 0 Å². The molecular weight excluding hydrogens is 438 g/mol. The quantitative estimate of drug-likeness (QED) is 0.354. The molecule has 0 amide bonds. The first kappa shape index (κ1) is 24.3. The maximum atomic E-state index is 12.0. The van der Waals surface area contributed by atoms with Gasteiger partial charge in [-0.05, 0) is 80.4 Å². The minimum Gasteiger partial charge on any atom is -0.497 e. The van der Waals surface area contributed by atoms with Crippen molar-refractivity contribution < 1.29 is 14.3 Å². The Balaban J connectivity index is 1.65. The summed E-state index contributed by atoms with van der Waals surface area (Å²) in [4.78, 5) is 14.4. The van der Waals surface area contributed by atoms with Crippen LogP contribution in [-0.2, 0) is 4.74 Å². The number of benzene rings is 3. The first-order valence-electron chi connectivity index (χ1n) is 12.2. The minimum atomic E-state index is -0.307. The number of hydrogen-bond donors (Lipinski definition) is 0. The molecule has 0 bridgehead atoms. The second kappa shape index (κ2) is 11.1. The Hall–Kier alpha value is -3.80. The van der Waals surface area contributed by atoms with Crippen molar-refractivity contribution in [2.45, 2.75) is 33.2 Å². The predicted molar refractivity (Wildman–Crippen MR) is 142 cm³/mol. The zero-order valence-corrected chi connectivity index (χ0v) is 20.9. The van der Waals surface area contributed by atoms with Crippen molar-refractivity contribution in [3.63, 3.8) is 0 Å². The van der Waals surface area contributed by atoms with E-state index in [2.05, 4.69) is 48.0 Å². The molecule has 1 atom stereocenters. The summed E-state index contributed by atoms with van der Waals surface area (Å²) in [6.45, 7) is 8.47. The van der Waals surface area contributed by atoms with Gasteiger partial charge < -0.3 is 14.4 Å². The maximum Gasteiger partial charge on any atom is 0.338 e. The highest BCUT2D eigenvalue weighted by molar-refractivity contribution is 6.04.